The Hall–Kier alpha value is -2.21. The van der Waals surface area contributed by atoms with Crippen LogP contribution in [0.4, 0.5) is 5.13 Å². The summed E-state index contributed by atoms with van der Waals surface area (Å²) in [6.07, 6.45) is 3.95. The lowest BCUT2D eigenvalue weighted by atomic mass is 10.0. The van der Waals surface area contributed by atoms with Gasteiger partial charge in [-0.25, -0.2) is 4.98 Å². The van der Waals surface area contributed by atoms with Crippen molar-refractivity contribution in [1.82, 2.24) is 9.88 Å². The monoisotopic (exact) mass is 397 g/mol. The van der Waals surface area contributed by atoms with E-state index in [4.69, 9.17) is 0 Å². The van der Waals surface area contributed by atoms with E-state index in [1.807, 2.05) is 10.3 Å². The Morgan fingerprint density at radius 1 is 1.29 bits per heavy atom. The first-order valence-electron chi connectivity index (χ1n) is 10.1. The number of benzene rings is 1. The van der Waals surface area contributed by atoms with Crippen molar-refractivity contribution >= 4 is 28.3 Å². The number of hydrogen-bond donors (Lipinski definition) is 0. The molecule has 0 bridgehead atoms. The standard InChI is InChI=1S/C22H27N3O2S/c1-15(2)17-7-5-16(6-8-17)13-25(19-9-10-19)21(27)12-18-14-28-22(23-18)24-11-3-4-20(24)26/h5-8,14-15,19H,3-4,9-13H2,1-2H3. The molecular formula is C22H27N3O2S. The average Bonchev–Trinajstić information content (AvgIpc) is 3.27. The lowest BCUT2D eigenvalue weighted by Gasteiger charge is -2.22. The number of carbonyl (C=O) groups excluding carboxylic acids is 2. The topological polar surface area (TPSA) is 53.5 Å². The number of anilines is 1. The third kappa shape index (κ3) is 4.27. The summed E-state index contributed by atoms with van der Waals surface area (Å²) in [7, 11) is 0. The third-order valence-corrected chi connectivity index (χ3v) is 6.40. The highest BCUT2D eigenvalue weighted by Gasteiger charge is 2.33. The maximum Gasteiger partial charge on any atom is 0.229 e. The van der Waals surface area contributed by atoms with E-state index in [-0.39, 0.29) is 11.8 Å². The maximum atomic E-state index is 13.0. The quantitative estimate of drug-likeness (QED) is 0.706. The van der Waals surface area contributed by atoms with Crippen LogP contribution in [-0.2, 0) is 22.6 Å². The molecule has 28 heavy (non-hydrogen) atoms. The van der Waals surface area contributed by atoms with E-state index < -0.39 is 0 Å². The molecule has 0 spiro atoms. The molecule has 6 heteroatoms. The number of hydrogen-bond acceptors (Lipinski definition) is 4. The zero-order valence-electron chi connectivity index (χ0n) is 16.6. The average molecular weight is 398 g/mol. The number of rotatable bonds is 7. The van der Waals surface area contributed by atoms with Crippen LogP contribution < -0.4 is 4.90 Å². The van der Waals surface area contributed by atoms with Crippen LogP contribution in [0.2, 0.25) is 0 Å². The van der Waals surface area contributed by atoms with E-state index in [0.717, 1.165) is 36.6 Å². The molecule has 1 aliphatic heterocycles. The highest BCUT2D eigenvalue weighted by Crippen LogP contribution is 2.30. The fourth-order valence-electron chi connectivity index (χ4n) is 3.62. The van der Waals surface area contributed by atoms with Crippen molar-refractivity contribution in [2.45, 2.75) is 64.5 Å². The van der Waals surface area contributed by atoms with E-state index in [9.17, 15) is 9.59 Å². The molecule has 0 unspecified atom stereocenters. The molecule has 2 fully saturated rings. The van der Waals surface area contributed by atoms with Gasteiger partial charge in [0.25, 0.3) is 0 Å². The van der Waals surface area contributed by atoms with E-state index in [1.54, 1.807) is 4.90 Å². The molecule has 148 valence electrons. The molecule has 2 heterocycles. The van der Waals surface area contributed by atoms with Gasteiger partial charge in [-0.1, -0.05) is 38.1 Å². The molecule has 5 nitrogen and oxygen atoms in total. The van der Waals surface area contributed by atoms with Crippen molar-refractivity contribution in [1.29, 1.82) is 0 Å². The fourth-order valence-corrected chi connectivity index (χ4v) is 4.49. The second kappa shape index (κ2) is 8.03. The molecule has 1 aliphatic carbocycles. The van der Waals surface area contributed by atoms with Gasteiger partial charge in [-0.15, -0.1) is 11.3 Å². The number of carbonyl (C=O) groups is 2. The first-order valence-corrected chi connectivity index (χ1v) is 11.0. The van der Waals surface area contributed by atoms with Crippen LogP contribution in [0.5, 0.6) is 0 Å². The Morgan fingerprint density at radius 3 is 2.64 bits per heavy atom. The Kier molecular flexibility index (Phi) is 5.49. The summed E-state index contributed by atoms with van der Waals surface area (Å²) in [6, 6.07) is 8.95. The van der Waals surface area contributed by atoms with Crippen LogP contribution in [0, 0.1) is 0 Å². The van der Waals surface area contributed by atoms with Crippen LogP contribution in [0.15, 0.2) is 29.6 Å². The maximum absolute atomic E-state index is 13.0. The van der Waals surface area contributed by atoms with Gasteiger partial charge in [-0.05, 0) is 36.3 Å². The molecule has 0 atom stereocenters. The van der Waals surface area contributed by atoms with Gasteiger partial charge in [-0.2, -0.15) is 0 Å². The summed E-state index contributed by atoms with van der Waals surface area (Å²) >= 11 is 1.46. The molecule has 0 N–H and O–H groups in total. The normalized spacial score (nSPS) is 16.8. The summed E-state index contributed by atoms with van der Waals surface area (Å²) in [5.41, 5.74) is 3.26. The zero-order valence-corrected chi connectivity index (χ0v) is 17.4. The van der Waals surface area contributed by atoms with Gasteiger partial charge in [0, 0.05) is 30.9 Å². The lowest BCUT2D eigenvalue weighted by molar-refractivity contribution is -0.131. The predicted octanol–water partition coefficient (Wildman–Crippen LogP) is 4.13. The molecule has 2 aliphatic rings. The first kappa shape index (κ1) is 19.1. The minimum Gasteiger partial charge on any atom is -0.335 e. The van der Waals surface area contributed by atoms with E-state index in [1.165, 1.54) is 22.5 Å². The lowest BCUT2D eigenvalue weighted by Crippen LogP contribution is -2.34. The van der Waals surface area contributed by atoms with E-state index in [0.29, 0.717) is 31.3 Å². The fraction of sp³-hybridized carbons (Fsp3) is 0.500. The highest BCUT2D eigenvalue weighted by molar-refractivity contribution is 7.14. The molecule has 1 saturated heterocycles. The van der Waals surface area contributed by atoms with Crippen LogP contribution in [0.3, 0.4) is 0 Å². The van der Waals surface area contributed by atoms with Crippen molar-refractivity contribution in [3.8, 4) is 0 Å². The van der Waals surface area contributed by atoms with Crippen LogP contribution >= 0.6 is 11.3 Å². The van der Waals surface area contributed by atoms with Crippen LogP contribution in [-0.4, -0.2) is 34.3 Å². The second-order valence-electron chi connectivity index (χ2n) is 8.10. The molecule has 2 amide bonds. The predicted molar refractivity (Wildman–Crippen MR) is 112 cm³/mol. The summed E-state index contributed by atoms with van der Waals surface area (Å²) in [5.74, 6) is 0.772. The number of thiazole rings is 1. The molecular weight excluding hydrogens is 370 g/mol. The summed E-state index contributed by atoms with van der Waals surface area (Å²) < 4.78 is 0. The van der Waals surface area contributed by atoms with Gasteiger partial charge in [0.1, 0.15) is 0 Å². The Morgan fingerprint density at radius 2 is 2.04 bits per heavy atom. The Bertz CT molecular complexity index is 855. The molecule has 2 aromatic rings. The smallest absolute Gasteiger partial charge is 0.229 e. The minimum atomic E-state index is 0.125. The van der Waals surface area contributed by atoms with Crippen LogP contribution in [0.1, 0.15) is 62.3 Å². The summed E-state index contributed by atoms with van der Waals surface area (Å²) in [6.45, 7) is 5.77. The van der Waals surface area contributed by atoms with Gasteiger partial charge in [0.15, 0.2) is 5.13 Å². The minimum absolute atomic E-state index is 0.125. The van der Waals surface area contributed by atoms with Crippen LogP contribution in [0.25, 0.3) is 0 Å². The molecule has 4 rings (SSSR count). The highest BCUT2D eigenvalue weighted by atomic mass is 32.1. The SMILES string of the molecule is CC(C)c1ccc(CN(C(=O)Cc2csc(N3CCCC3=O)n2)C2CC2)cc1. The van der Waals surface area contributed by atoms with Gasteiger partial charge in [0.05, 0.1) is 12.1 Å². The molecule has 1 aromatic carbocycles. The Labute approximate surface area is 170 Å². The number of aromatic nitrogens is 1. The first-order chi connectivity index (χ1) is 13.5. The second-order valence-corrected chi connectivity index (χ2v) is 8.93. The van der Waals surface area contributed by atoms with Crippen molar-refractivity contribution in [3.05, 3.63) is 46.5 Å². The van der Waals surface area contributed by atoms with Crippen molar-refractivity contribution in [2.75, 3.05) is 11.4 Å². The zero-order chi connectivity index (χ0) is 19.7. The molecule has 0 radical (unpaired) electrons. The number of nitrogens with zero attached hydrogens (tertiary/aromatic N) is 3. The van der Waals surface area contributed by atoms with Crippen molar-refractivity contribution in [3.63, 3.8) is 0 Å². The van der Waals surface area contributed by atoms with Crippen molar-refractivity contribution < 1.29 is 9.59 Å². The van der Waals surface area contributed by atoms with Crippen molar-refractivity contribution in [2.24, 2.45) is 0 Å². The molecule has 1 saturated carbocycles. The van der Waals surface area contributed by atoms with Gasteiger partial charge >= 0.3 is 0 Å². The van der Waals surface area contributed by atoms with E-state index >= 15 is 0 Å². The summed E-state index contributed by atoms with van der Waals surface area (Å²) in [5, 5.41) is 2.65. The van der Waals surface area contributed by atoms with E-state index in [2.05, 4.69) is 43.1 Å². The van der Waals surface area contributed by atoms with Gasteiger partial charge < -0.3 is 4.90 Å². The van der Waals surface area contributed by atoms with Gasteiger partial charge in [0.2, 0.25) is 11.8 Å². The number of amides is 2. The Balaban J connectivity index is 1.41. The van der Waals surface area contributed by atoms with Gasteiger partial charge in [-0.3, -0.25) is 14.5 Å². The third-order valence-electron chi connectivity index (χ3n) is 5.48. The summed E-state index contributed by atoms with van der Waals surface area (Å²) in [4.78, 5) is 33.2. The largest absolute Gasteiger partial charge is 0.335 e. The molecule has 1 aromatic heterocycles.